The van der Waals surface area contributed by atoms with Gasteiger partial charge in [0.1, 0.15) is 5.75 Å². The number of nitrogens with zero attached hydrogens (tertiary/aromatic N) is 1. The molecule has 9 heteroatoms. The van der Waals surface area contributed by atoms with Crippen molar-refractivity contribution >= 4 is 46.6 Å². The van der Waals surface area contributed by atoms with Gasteiger partial charge in [0.05, 0.1) is 12.1 Å². The third kappa shape index (κ3) is 3.63. The highest BCUT2D eigenvalue weighted by Crippen LogP contribution is 2.44. The predicted molar refractivity (Wildman–Crippen MR) is 102 cm³/mol. The summed E-state index contributed by atoms with van der Waals surface area (Å²) in [5.41, 5.74) is 9.11. The van der Waals surface area contributed by atoms with Gasteiger partial charge in [-0.1, -0.05) is 23.5 Å². The average Bonchev–Trinajstić information content (AvgIpc) is 2.94. The lowest BCUT2D eigenvalue weighted by Gasteiger charge is -2.28. The first-order valence-corrected chi connectivity index (χ1v) is 9.38. The van der Waals surface area contributed by atoms with E-state index in [2.05, 4.69) is 15.5 Å². The second kappa shape index (κ2) is 7.37. The van der Waals surface area contributed by atoms with Gasteiger partial charge in [0, 0.05) is 28.7 Å². The van der Waals surface area contributed by atoms with Crippen LogP contribution < -0.4 is 20.8 Å². The molecule has 0 spiro atoms. The van der Waals surface area contributed by atoms with E-state index in [0.29, 0.717) is 0 Å². The third-order valence-corrected chi connectivity index (χ3v) is 6.04. The second-order valence-corrected chi connectivity index (χ2v) is 7.67. The summed E-state index contributed by atoms with van der Waals surface area (Å²) < 4.78 is 5.23. The molecule has 0 unspecified atom stereocenters. The molecule has 0 aliphatic carbocycles. The Kier molecular flexibility index (Phi) is 5.22. The van der Waals surface area contributed by atoms with E-state index in [4.69, 9.17) is 22.7 Å². The van der Waals surface area contributed by atoms with Gasteiger partial charge in [-0.05, 0) is 29.9 Å². The van der Waals surface area contributed by atoms with Crippen LogP contribution in [-0.2, 0) is 0 Å². The van der Waals surface area contributed by atoms with Crippen molar-refractivity contribution in [2.75, 3.05) is 12.9 Å². The van der Waals surface area contributed by atoms with Crippen LogP contribution in [0, 0.1) is 5.92 Å². The zero-order chi connectivity index (χ0) is 17.1. The zero-order valence-electron chi connectivity index (χ0n) is 12.8. The maximum Gasteiger partial charge on any atom is 0.305 e. The first-order valence-electron chi connectivity index (χ1n) is 7.17. The van der Waals surface area contributed by atoms with Crippen LogP contribution in [0.25, 0.3) is 0 Å². The molecule has 0 saturated carbocycles. The molecule has 0 fully saturated rings. The molecule has 0 amide bonds. The number of thioether (sulfide) groups is 1. The molecule has 1 aliphatic heterocycles. The van der Waals surface area contributed by atoms with Crippen LogP contribution in [0.5, 0.6) is 5.75 Å². The lowest BCUT2D eigenvalue weighted by Crippen LogP contribution is -2.27. The summed E-state index contributed by atoms with van der Waals surface area (Å²) in [6.07, 6.45) is 1.81. The highest BCUT2D eigenvalue weighted by molar-refractivity contribution is 7.99. The Morgan fingerprint density at radius 3 is 2.92 bits per heavy atom. The van der Waals surface area contributed by atoms with Crippen molar-refractivity contribution in [2.45, 2.75) is 10.9 Å². The number of aromatic amines is 1. The second-order valence-electron chi connectivity index (χ2n) is 5.19. The van der Waals surface area contributed by atoms with Crippen molar-refractivity contribution in [3.05, 3.63) is 44.4 Å². The number of nitrogens with one attached hydrogen (secondary N) is 2. The van der Waals surface area contributed by atoms with Crippen LogP contribution in [0.1, 0.15) is 16.4 Å². The fourth-order valence-corrected chi connectivity index (χ4v) is 5.07. The molecule has 2 aromatic rings. The number of thiazole rings is 1. The molecule has 24 heavy (non-hydrogen) atoms. The van der Waals surface area contributed by atoms with Crippen LogP contribution in [-0.4, -0.2) is 29.2 Å². The molecule has 2 heterocycles. The van der Waals surface area contributed by atoms with Gasteiger partial charge < -0.3 is 15.5 Å². The Balaban J connectivity index is 1.97. The molecular weight excluding hydrogens is 364 g/mol. The number of ether oxygens (including phenoxy) is 1. The molecule has 0 saturated heterocycles. The first-order chi connectivity index (χ1) is 11.6. The summed E-state index contributed by atoms with van der Waals surface area (Å²) in [5.74, 6) is 1.77. The van der Waals surface area contributed by atoms with Crippen LogP contribution in [0.3, 0.4) is 0 Å². The average molecular weight is 381 g/mol. The van der Waals surface area contributed by atoms with Gasteiger partial charge >= 0.3 is 4.87 Å². The third-order valence-electron chi connectivity index (χ3n) is 3.69. The van der Waals surface area contributed by atoms with Gasteiger partial charge in [-0.25, -0.2) is 0 Å². The van der Waals surface area contributed by atoms with E-state index in [0.717, 1.165) is 27.0 Å². The van der Waals surface area contributed by atoms with Crippen LogP contribution in [0.4, 0.5) is 0 Å². The Hall–Kier alpha value is -1.84. The van der Waals surface area contributed by atoms with E-state index >= 15 is 0 Å². The molecule has 126 valence electrons. The normalized spacial score (nSPS) is 19.9. The molecule has 0 bridgehead atoms. The minimum atomic E-state index is -0.0372. The Bertz CT molecular complexity index is 813. The summed E-state index contributed by atoms with van der Waals surface area (Å²) >= 11 is 7.65. The highest BCUT2D eigenvalue weighted by atomic mass is 32.2. The number of fused-ring (bicyclic) bond motifs is 1. The van der Waals surface area contributed by atoms with E-state index < -0.39 is 0 Å². The highest BCUT2D eigenvalue weighted by Gasteiger charge is 2.33. The lowest BCUT2D eigenvalue weighted by molar-refractivity contribution is 0.414. The van der Waals surface area contributed by atoms with Gasteiger partial charge in [0.2, 0.25) is 0 Å². The standard InChI is InChI=1S/C15H16N4O2S3/c1-21-10-4-2-8(3-5-10)11-9(6-17-19-14(16)22)7-23-13-12(11)24-15(20)18-13/h2-6,9,11H,7H2,1H3,(H,18,20)(H3,16,19,22)/b17-6-/t9-,11+/m0/s1. The summed E-state index contributed by atoms with van der Waals surface area (Å²) in [7, 11) is 1.64. The number of hydrogen-bond donors (Lipinski definition) is 3. The SMILES string of the molecule is COc1ccc([C@H]2c3sc(=O)[nH]c3SC[C@@H]2/C=N\NC(N)=S)cc1. The van der Waals surface area contributed by atoms with Crippen molar-refractivity contribution in [1.82, 2.24) is 10.4 Å². The van der Waals surface area contributed by atoms with Crippen molar-refractivity contribution in [2.24, 2.45) is 16.8 Å². The van der Waals surface area contributed by atoms with Crippen molar-refractivity contribution < 1.29 is 4.74 Å². The van der Waals surface area contributed by atoms with E-state index in [1.807, 2.05) is 30.5 Å². The van der Waals surface area contributed by atoms with E-state index in [1.54, 1.807) is 18.9 Å². The topological polar surface area (TPSA) is 92.5 Å². The maximum atomic E-state index is 11.8. The number of H-pyrrole nitrogens is 1. The monoisotopic (exact) mass is 380 g/mol. The quantitative estimate of drug-likeness (QED) is 0.427. The van der Waals surface area contributed by atoms with Crippen LogP contribution in [0.15, 0.2) is 39.2 Å². The lowest BCUT2D eigenvalue weighted by atomic mass is 9.86. The van der Waals surface area contributed by atoms with Crippen LogP contribution >= 0.6 is 35.3 Å². The Morgan fingerprint density at radius 1 is 1.50 bits per heavy atom. The fraction of sp³-hybridized carbons (Fsp3) is 0.267. The molecular formula is C15H16N4O2S3. The largest absolute Gasteiger partial charge is 0.497 e. The fourth-order valence-electron chi connectivity index (χ4n) is 2.64. The number of aromatic nitrogens is 1. The number of hydrogen-bond acceptors (Lipinski definition) is 6. The molecule has 6 nitrogen and oxygen atoms in total. The zero-order valence-corrected chi connectivity index (χ0v) is 15.3. The number of hydrazone groups is 1. The Morgan fingerprint density at radius 2 is 2.25 bits per heavy atom. The van der Waals surface area contributed by atoms with Gasteiger partial charge in [0.15, 0.2) is 5.11 Å². The van der Waals surface area contributed by atoms with Gasteiger partial charge in [-0.3, -0.25) is 10.2 Å². The van der Waals surface area contributed by atoms with Crippen molar-refractivity contribution in [3.8, 4) is 5.75 Å². The summed E-state index contributed by atoms with van der Waals surface area (Å²) in [5, 5.41) is 5.19. The minimum absolute atomic E-state index is 0.0372. The van der Waals surface area contributed by atoms with Crippen LogP contribution in [0.2, 0.25) is 0 Å². The smallest absolute Gasteiger partial charge is 0.305 e. The van der Waals surface area contributed by atoms with E-state index in [-0.39, 0.29) is 21.8 Å². The maximum absolute atomic E-state index is 11.8. The number of benzene rings is 1. The predicted octanol–water partition coefficient (Wildman–Crippen LogP) is 2.12. The Labute approximate surface area is 152 Å². The van der Waals surface area contributed by atoms with Gasteiger partial charge in [-0.2, -0.15) is 5.10 Å². The summed E-state index contributed by atoms with van der Waals surface area (Å²) in [4.78, 5) is 15.7. The molecule has 2 atom stereocenters. The van der Waals surface area contributed by atoms with E-state index in [1.165, 1.54) is 11.3 Å². The molecule has 3 rings (SSSR count). The van der Waals surface area contributed by atoms with Crippen molar-refractivity contribution in [1.29, 1.82) is 0 Å². The summed E-state index contributed by atoms with van der Waals surface area (Å²) in [6, 6.07) is 7.89. The number of nitrogens with two attached hydrogens (primary N) is 1. The molecule has 1 aliphatic rings. The first kappa shape index (κ1) is 17.0. The number of methoxy groups -OCH3 is 1. The molecule has 1 aromatic heterocycles. The molecule has 0 radical (unpaired) electrons. The number of rotatable bonds is 4. The summed E-state index contributed by atoms with van der Waals surface area (Å²) in [6.45, 7) is 0. The minimum Gasteiger partial charge on any atom is -0.497 e. The molecule has 1 aromatic carbocycles. The van der Waals surface area contributed by atoms with Crippen molar-refractivity contribution in [3.63, 3.8) is 0 Å². The molecule has 4 N–H and O–H groups in total. The van der Waals surface area contributed by atoms with E-state index in [9.17, 15) is 4.79 Å². The number of thiocarbonyl (C=S) groups is 1. The van der Waals surface area contributed by atoms with Gasteiger partial charge in [0.25, 0.3) is 0 Å². The van der Waals surface area contributed by atoms with Gasteiger partial charge in [-0.15, -0.1) is 11.8 Å².